The Kier molecular flexibility index (Phi) is 3.46. The maximum atomic E-state index is 11.9. The van der Waals surface area contributed by atoms with E-state index in [1.807, 2.05) is 22.7 Å². The Morgan fingerprint density at radius 1 is 1.40 bits per heavy atom. The van der Waals surface area contributed by atoms with Crippen molar-refractivity contribution >= 4 is 27.4 Å². The van der Waals surface area contributed by atoms with Crippen molar-refractivity contribution in [3.63, 3.8) is 0 Å². The number of aromatic nitrogens is 5. The standard InChI is InChI=1S/C12H10BrN5O2/c13-9-1-2-10-5-8(6-18(10)7-9)12(19)20-4-3-11-14-16-17-15-11/h1-2,5-7H,3-4H2,(H,14,15,16,17). The number of aromatic amines is 1. The van der Waals surface area contributed by atoms with Gasteiger partial charge in [-0.05, 0) is 34.1 Å². The highest BCUT2D eigenvalue weighted by Crippen LogP contribution is 2.16. The molecule has 0 aliphatic rings. The van der Waals surface area contributed by atoms with E-state index in [9.17, 15) is 4.79 Å². The second-order valence-electron chi connectivity index (χ2n) is 4.12. The van der Waals surface area contributed by atoms with Crippen molar-refractivity contribution in [1.82, 2.24) is 25.0 Å². The third-order valence-corrected chi connectivity index (χ3v) is 3.21. The molecule has 0 aromatic carbocycles. The molecule has 0 spiro atoms. The van der Waals surface area contributed by atoms with Crippen LogP contribution in [0.25, 0.3) is 5.52 Å². The number of H-pyrrole nitrogens is 1. The smallest absolute Gasteiger partial charge is 0.339 e. The van der Waals surface area contributed by atoms with Gasteiger partial charge >= 0.3 is 5.97 Å². The summed E-state index contributed by atoms with van der Waals surface area (Å²) in [6.45, 7) is 0.217. The van der Waals surface area contributed by atoms with Crippen LogP contribution in [0.3, 0.4) is 0 Å². The summed E-state index contributed by atoms with van der Waals surface area (Å²) in [5, 5.41) is 13.3. The Bertz CT molecular complexity index is 737. The van der Waals surface area contributed by atoms with Crippen LogP contribution in [-0.4, -0.2) is 37.6 Å². The molecule has 3 rings (SSSR count). The topological polar surface area (TPSA) is 85.2 Å². The minimum absolute atomic E-state index is 0.217. The lowest BCUT2D eigenvalue weighted by Gasteiger charge is -2.00. The van der Waals surface area contributed by atoms with Crippen molar-refractivity contribution in [2.75, 3.05) is 6.61 Å². The molecular weight excluding hydrogens is 326 g/mol. The molecule has 0 saturated carbocycles. The number of fused-ring (bicyclic) bond motifs is 1. The summed E-state index contributed by atoms with van der Waals surface area (Å²) >= 11 is 3.38. The Balaban J connectivity index is 1.66. The maximum absolute atomic E-state index is 11.9. The minimum Gasteiger partial charge on any atom is -0.462 e. The largest absolute Gasteiger partial charge is 0.462 e. The molecular formula is C12H10BrN5O2. The number of carbonyl (C=O) groups is 1. The molecule has 3 aromatic heterocycles. The summed E-state index contributed by atoms with van der Waals surface area (Å²) in [4.78, 5) is 11.9. The molecule has 0 radical (unpaired) electrons. The zero-order chi connectivity index (χ0) is 13.9. The van der Waals surface area contributed by atoms with Crippen LogP contribution >= 0.6 is 15.9 Å². The molecule has 3 heterocycles. The molecule has 102 valence electrons. The quantitative estimate of drug-likeness (QED) is 0.732. The predicted molar refractivity (Wildman–Crippen MR) is 73.3 cm³/mol. The molecule has 0 amide bonds. The number of tetrazole rings is 1. The van der Waals surface area contributed by atoms with Crippen molar-refractivity contribution in [2.45, 2.75) is 6.42 Å². The first-order valence-corrected chi connectivity index (χ1v) is 6.68. The van der Waals surface area contributed by atoms with Crippen molar-refractivity contribution in [2.24, 2.45) is 0 Å². The first-order valence-electron chi connectivity index (χ1n) is 5.89. The first-order chi connectivity index (χ1) is 9.72. The highest BCUT2D eigenvalue weighted by atomic mass is 79.9. The maximum Gasteiger partial charge on any atom is 0.339 e. The van der Waals surface area contributed by atoms with Gasteiger partial charge < -0.3 is 9.14 Å². The van der Waals surface area contributed by atoms with Gasteiger partial charge in [-0.15, -0.1) is 10.2 Å². The molecule has 8 heteroatoms. The zero-order valence-electron chi connectivity index (χ0n) is 10.3. The zero-order valence-corrected chi connectivity index (χ0v) is 11.9. The van der Waals surface area contributed by atoms with E-state index in [1.54, 1.807) is 12.3 Å². The molecule has 20 heavy (non-hydrogen) atoms. The van der Waals surface area contributed by atoms with Gasteiger partial charge in [0.1, 0.15) is 0 Å². The van der Waals surface area contributed by atoms with Crippen LogP contribution in [0.5, 0.6) is 0 Å². The molecule has 0 aliphatic heterocycles. The lowest BCUT2D eigenvalue weighted by Crippen LogP contribution is -2.08. The van der Waals surface area contributed by atoms with Crippen molar-refractivity contribution < 1.29 is 9.53 Å². The van der Waals surface area contributed by atoms with Crippen LogP contribution in [0.1, 0.15) is 16.2 Å². The number of carbonyl (C=O) groups excluding carboxylic acids is 1. The van der Waals surface area contributed by atoms with Gasteiger partial charge in [0, 0.05) is 28.8 Å². The van der Waals surface area contributed by atoms with E-state index in [0.717, 1.165) is 9.99 Å². The Labute approximate surface area is 122 Å². The lowest BCUT2D eigenvalue weighted by molar-refractivity contribution is 0.0507. The van der Waals surface area contributed by atoms with E-state index >= 15 is 0 Å². The number of pyridine rings is 1. The van der Waals surface area contributed by atoms with Crippen molar-refractivity contribution in [1.29, 1.82) is 0 Å². The monoisotopic (exact) mass is 335 g/mol. The second kappa shape index (κ2) is 5.41. The van der Waals surface area contributed by atoms with Crippen molar-refractivity contribution in [3.8, 4) is 0 Å². The van der Waals surface area contributed by atoms with Gasteiger partial charge in [0.15, 0.2) is 5.82 Å². The number of nitrogens with zero attached hydrogens (tertiary/aromatic N) is 4. The van der Waals surface area contributed by atoms with E-state index in [-0.39, 0.29) is 12.6 Å². The van der Waals surface area contributed by atoms with Crippen LogP contribution in [-0.2, 0) is 11.2 Å². The molecule has 3 aromatic rings. The van der Waals surface area contributed by atoms with Gasteiger partial charge in [0.2, 0.25) is 0 Å². The summed E-state index contributed by atoms with van der Waals surface area (Å²) < 4.78 is 7.98. The summed E-state index contributed by atoms with van der Waals surface area (Å²) in [7, 11) is 0. The van der Waals surface area contributed by atoms with E-state index in [2.05, 4.69) is 36.6 Å². The number of nitrogens with one attached hydrogen (secondary N) is 1. The SMILES string of the molecule is O=C(OCCc1nn[nH]n1)c1cc2ccc(Br)cn2c1. The molecule has 7 nitrogen and oxygen atoms in total. The average molecular weight is 336 g/mol. The molecule has 0 aliphatic carbocycles. The molecule has 0 fully saturated rings. The van der Waals surface area contributed by atoms with Crippen LogP contribution in [0.15, 0.2) is 35.1 Å². The van der Waals surface area contributed by atoms with Crippen molar-refractivity contribution in [3.05, 3.63) is 46.5 Å². The number of esters is 1. The lowest BCUT2D eigenvalue weighted by atomic mass is 10.3. The Morgan fingerprint density at radius 3 is 3.10 bits per heavy atom. The highest BCUT2D eigenvalue weighted by molar-refractivity contribution is 9.10. The molecule has 0 bridgehead atoms. The van der Waals surface area contributed by atoms with Crippen LogP contribution < -0.4 is 0 Å². The van der Waals surface area contributed by atoms with E-state index in [1.165, 1.54) is 0 Å². The fourth-order valence-electron chi connectivity index (χ4n) is 1.80. The fourth-order valence-corrected chi connectivity index (χ4v) is 2.15. The first kappa shape index (κ1) is 12.8. The average Bonchev–Trinajstić information content (AvgIpc) is 3.06. The number of ether oxygens (including phenoxy) is 1. The third-order valence-electron chi connectivity index (χ3n) is 2.74. The van der Waals surface area contributed by atoms with Gasteiger partial charge in [-0.1, -0.05) is 5.21 Å². The Hall–Kier alpha value is -2.22. The van der Waals surface area contributed by atoms with Gasteiger partial charge in [-0.2, -0.15) is 5.21 Å². The van der Waals surface area contributed by atoms with E-state index in [4.69, 9.17) is 4.74 Å². The summed E-state index contributed by atoms with van der Waals surface area (Å²) in [5.74, 6) is 0.150. The van der Waals surface area contributed by atoms with Gasteiger partial charge in [0.25, 0.3) is 0 Å². The van der Waals surface area contributed by atoms with E-state index < -0.39 is 0 Å². The van der Waals surface area contributed by atoms with Crippen LogP contribution in [0.4, 0.5) is 0 Å². The van der Waals surface area contributed by atoms with Crippen LogP contribution in [0.2, 0.25) is 0 Å². The summed E-state index contributed by atoms with van der Waals surface area (Å²) in [5.41, 5.74) is 1.44. The third kappa shape index (κ3) is 2.69. The minimum atomic E-state index is -0.367. The normalized spacial score (nSPS) is 10.8. The molecule has 0 unspecified atom stereocenters. The molecule has 0 saturated heterocycles. The predicted octanol–water partition coefficient (Wildman–Crippen LogP) is 1.61. The summed E-state index contributed by atoms with van der Waals surface area (Å²) in [6, 6.07) is 5.62. The number of hydrogen-bond donors (Lipinski definition) is 1. The highest BCUT2D eigenvalue weighted by Gasteiger charge is 2.11. The fraction of sp³-hybridized carbons (Fsp3) is 0.167. The number of rotatable bonds is 4. The second-order valence-corrected chi connectivity index (χ2v) is 5.04. The van der Waals surface area contributed by atoms with E-state index in [0.29, 0.717) is 17.8 Å². The van der Waals surface area contributed by atoms with Crippen LogP contribution in [0, 0.1) is 0 Å². The van der Waals surface area contributed by atoms with Gasteiger partial charge in [-0.3, -0.25) is 0 Å². The van der Waals surface area contributed by atoms with Gasteiger partial charge in [-0.25, -0.2) is 4.79 Å². The molecule has 0 atom stereocenters. The number of hydrogen-bond acceptors (Lipinski definition) is 5. The number of halogens is 1. The Morgan fingerprint density at radius 2 is 2.30 bits per heavy atom. The molecule has 1 N–H and O–H groups in total. The summed E-state index contributed by atoms with van der Waals surface area (Å²) in [6.07, 6.45) is 4.05. The van der Waals surface area contributed by atoms with Gasteiger partial charge in [0.05, 0.1) is 12.2 Å².